The smallest absolute Gasteiger partial charge is 0.261 e. The Labute approximate surface area is 175 Å². The van der Waals surface area contributed by atoms with E-state index in [0.29, 0.717) is 25.3 Å². The highest BCUT2D eigenvalue weighted by Gasteiger charge is 2.28. The highest BCUT2D eigenvalue weighted by atomic mass is 79.9. The van der Waals surface area contributed by atoms with Crippen molar-refractivity contribution in [2.45, 2.75) is 39.8 Å². The van der Waals surface area contributed by atoms with Gasteiger partial charge in [-0.05, 0) is 50.1 Å². The van der Waals surface area contributed by atoms with Gasteiger partial charge < -0.3 is 15.0 Å². The average Bonchev–Trinajstić information content (AvgIpc) is 2.69. The van der Waals surface area contributed by atoms with Crippen molar-refractivity contribution in [3.05, 3.63) is 64.1 Å². The van der Waals surface area contributed by atoms with Gasteiger partial charge in [0.05, 0.1) is 0 Å². The molecule has 2 amide bonds. The molecule has 0 aliphatic rings. The van der Waals surface area contributed by atoms with E-state index < -0.39 is 6.04 Å². The lowest BCUT2D eigenvalue weighted by molar-refractivity contribution is -0.142. The van der Waals surface area contributed by atoms with E-state index in [0.717, 1.165) is 15.6 Å². The van der Waals surface area contributed by atoms with E-state index in [1.165, 1.54) is 0 Å². The second-order valence-electron chi connectivity index (χ2n) is 6.57. The number of carbonyl (C=O) groups excluding carboxylic acids is 2. The third kappa shape index (κ3) is 6.37. The van der Waals surface area contributed by atoms with Crippen LogP contribution in [0.1, 0.15) is 31.4 Å². The Kier molecular flexibility index (Phi) is 8.51. The zero-order valence-electron chi connectivity index (χ0n) is 16.6. The number of rotatable bonds is 9. The topological polar surface area (TPSA) is 58.6 Å². The molecule has 150 valence electrons. The number of nitrogens with one attached hydrogen (secondary N) is 1. The first-order chi connectivity index (χ1) is 13.4. The van der Waals surface area contributed by atoms with Crippen LogP contribution in [0, 0.1) is 6.92 Å². The van der Waals surface area contributed by atoms with E-state index in [1.807, 2.05) is 57.2 Å². The molecule has 0 heterocycles. The maximum absolute atomic E-state index is 13.0. The fourth-order valence-electron chi connectivity index (χ4n) is 2.86. The van der Waals surface area contributed by atoms with Gasteiger partial charge >= 0.3 is 0 Å². The number of amides is 2. The largest absolute Gasteiger partial charge is 0.484 e. The average molecular weight is 447 g/mol. The number of hydrogen-bond donors (Lipinski definition) is 1. The third-order valence-electron chi connectivity index (χ3n) is 4.39. The number of likely N-dealkylation sites (N-methyl/N-ethyl adjacent to an activating group) is 1. The molecule has 0 aromatic heterocycles. The van der Waals surface area contributed by atoms with Crippen molar-refractivity contribution < 1.29 is 14.3 Å². The first kappa shape index (κ1) is 22.0. The molecule has 5 nitrogen and oxygen atoms in total. The predicted molar refractivity (Wildman–Crippen MR) is 114 cm³/mol. The summed E-state index contributed by atoms with van der Waals surface area (Å²) in [5.74, 6) is 0.244. The fourth-order valence-corrected chi connectivity index (χ4v) is 3.12. The van der Waals surface area contributed by atoms with Crippen molar-refractivity contribution in [3.63, 3.8) is 0 Å². The fraction of sp³-hybridized carbons (Fsp3) is 0.364. The molecule has 0 saturated carbocycles. The Morgan fingerprint density at radius 1 is 1.07 bits per heavy atom. The Balaban J connectivity index is 2.16. The minimum absolute atomic E-state index is 0.122. The Morgan fingerprint density at radius 2 is 1.71 bits per heavy atom. The summed E-state index contributed by atoms with van der Waals surface area (Å²) in [5, 5.41) is 2.83. The first-order valence-corrected chi connectivity index (χ1v) is 10.2. The van der Waals surface area contributed by atoms with Gasteiger partial charge in [-0.25, -0.2) is 0 Å². The van der Waals surface area contributed by atoms with Crippen LogP contribution < -0.4 is 10.1 Å². The van der Waals surface area contributed by atoms with Crippen LogP contribution in [-0.2, 0) is 16.1 Å². The van der Waals surface area contributed by atoms with E-state index in [-0.39, 0.29) is 18.4 Å². The molecule has 6 heteroatoms. The molecule has 28 heavy (non-hydrogen) atoms. The van der Waals surface area contributed by atoms with Crippen LogP contribution in [0.25, 0.3) is 0 Å². The quantitative estimate of drug-likeness (QED) is 0.630. The SMILES string of the molecule is CCNC(=O)[C@H](CC)N(Cc1ccc(C)cc1)C(=O)COc1ccc(Br)cc1. The number of nitrogens with zero attached hydrogens (tertiary/aromatic N) is 1. The van der Waals surface area contributed by atoms with Crippen LogP contribution >= 0.6 is 15.9 Å². The van der Waals surface area contributed by atoms with Gasteiger partial charge in [-0.3, -0.25) is 9.59 Å². The number of carbonyl (C=O) groups is 2. The molecule has 0 aliphatic heterocycles. The second kappa shape index (κ2) is 10.9. The molecule has 2 aromatic carbocycles. The lowest BCUT2D eigenvalue weighted by atomic mass is 10.1. The van der Waals surface area contributed by atoms with Crippen molar-refractivity contribution in [2.75, 3.05) is 13.2 Å². The van der Waals surface area contributed by atoms with E-state index in [4.69, 9.17) is 4.74 Å². The number of hydrogen-bond acceptors (Lipinski definition) is 3. The van der Waals surface area contributed by atoms with Crippen LogP contribution in [0.15, 0.2) is 53.0 Å². The third-order valence-corrected chi connectivity index (χ3v) is 4.92. The van der Waals surface area contributed by atoms with Crippen LogP contribution in [0.3, 0.4) is 0 Å². The predicted octanol–water partition coefficient (Wildman–Crippen LogP) is 4.08. The van der Waals surface area contributed by atoms with Crippen LogP contribution in [0.2, 0.25) is 0 Å². The summed E-state index contributed by atoms with van der Waals surface area (Å²) in [4.78, 5) is 27.1. The minimum Gasteiger partial charge on any atom is -0.484 e. The van der Waals surface area contributed by atoms with Crippen molar-refractivity contribution >= 4 is 27.7 Å². The zero-order valence-corrected chi connectivity index (χ0v) is 18.2. The molecule has 1 atom stereocenters. The zero-order chi connectivity index (χ0) is 20.5. The maximum atomic E-state index is 13.0. The van der Waals surface area contributed by atoms with E-state index in [9.17, 15) is 9.59 Å². The summed E-state index contributed by atoms with van der Waals surface area (Å²) in [6, 6.07) is 14.7. The van der Waals surface area contributed by atoms with Gasteiger partial charge in [0.2, 0.25) is 5.91 Å². The Hall–Kier alpha value is -2.34. The number of ether oxygens (including phenoxy) is 1. The van der Waals surface area contributed by atoms with Gasteiger partial charge in [-0.15, -0.1) is 0 Å². The molecular weight excluding hydrogens is 420 g/mol. The minimum atomic E-state index is -0.540. The highest BCUT2D eigenvalue weighted by molar-refractivity contribution is 9.10. The maximum Gasteiger partial charge on any atom is 0.261 e. The van der Waals surface area contributed by atoms with E-state index in [2.05, 4.69) is 21.2 Å². The molecule has 2 rings (SSSR count). The summed E-state index contributed by atoms with van der Waals surface area (Å²) in [6.07, 6.45) is 0.529. The normalized spacial score (nSPS) is 11.6. The van der Waals surface area contributed by atoms with E-state index >= 15 is 0 Å². The molecule has 0 fully saturated rings. The van der Waals surface area contributed by atoms with Gasteiger partial charge in [0, 0.05) is 17.6 Å². The van der Waals surface area contributed by atoms with Gasteiger partial charge in [0.15, 0.2) is 6.61 Å². The van der Waals surface area contributed by atoms with Gasteiger partial charge in [-0.1, -0.05) is 52.7 Å². The summed E-state index contributed by atoms with van der Waals surface area (Å²) in [6.45, 7) is 6.56. The summed E-state index contributed by atoms with van der Waals surface area (Å²) >= 11 is 3.37. The number of halogens is 1. The van der Waals surface area contributed by atoms with E-state index in [1.54, 1.807) is 17.0 Å². The Morgan fingerprint density at radius 3 is 2.29 bits per heavy atom. The Bertz CT molecular complexity index is 775. The summed E-state index contributed by atoms with van der Waals surface area (Å²) in [5.41, 5.74) is 2.13. The molecule has 0 spiro atoms. The standard InChI is InChI=1S/C22H27BrN2O3/c1-4-20(22(27)24-5-2)25(14-17-8-6-16(3)7-9-17)21(26)15-28-19-12-10-18(23)11-13-19/h6-13,20H,4-5,14-15H2,1-3H3,(H,24,27)/t20-/m0/s1. The van der Waals surface area contributed by atoms with Crippen LogP contribution in [-0.4, -0.2) is 35.9 Å². The summed E-state index contributed by atoms with van der Waals surface area (Å²) < 4.78 is 6.59. The van der Waals surface area contributed by atoms with Crippen molar-refractivity contribution in [2.24, 2.45) is 0 Å². The highest BCUT2D eigenvalue weighted by Crippen LogP contribution is 2.17. The monoisotopic (exact) mass is 446 g/mol. The van der Waals surface area contributed by atoms with Crippen molar-refractivity contribution in [1.82, 2.24) is 10.2 Å². The van der Waals surface area contributed by atoms with Gasteiger partial charge in [0.25, 0.3) is 5.91 Å². The summed E-state index contributed by atoms with van der Waals surface area (Å²) in [7, 11) is 0. The molecule has 0 bridgehead atoms. The van der Waals surface area contributed by atoms with Crippen molar-refractivity contribution in [3.8, 4) is 5.75 Å². The molecule has 0 unspecified atom stereocenters. The molecule has 1 N–H and O–H groups in total. The molecule has 0 aliphatic carbocycles. The molecular formula is C22H27BrN2O3. The van der Waals surface area contributed by atoms with Gasteiger partial charge in [-0.2, -0.15) is 0 Å². The van der Waals surface area contributed by atoms with Crippen LogP contribution in [0.4, 0.5) is 0 Å². The number of aryl methyl sites for hydroxylation is 1. The van der Waals surface area contributed by atoms with Gasteiger partial charge in [0.1, 0.15) is 11.8 Å². The number of benzene rings is 2. The molecule has 0 saturated heterocycles. The van der Waals surface area contributed by atoms with Crippen molar-refractivity contribution in [1.29, 1.82) is 0 Å². The lowest BCUT2D eigenvalue weighted by Crippen LogP contribution is -2.50. The first-order valence-electron chi connectivity index (χ1n) is 9.45. The van der Waals surface area contributed by atoms with Crippen LogP contribution in [0.5, 0.6) is 5.75 Å². The second-order valence-corrected chi connectivity index (χ2v) is 7.48. The molecule has 2 aromatic rings. The lowest BCUT2D eigenvalue weighted by Gasteiger charge is -2.30. The molecule has 0 radical (unpaired) electrons.